The van der Waals surface area contributed by atoms with Crippen molar-refractivity contribution in [3.63, 3.8) is 0 Å². The van der Waals surface area contributed by atoms with Crippen molar-refractivity contribution >= 4 is 21.8 Å². The normalized spacial score (nSPS) is 14.5. The second-order valence-electron chi connectivity index (χ2n) is 8.84. The number of ketones is 1. The molecule has 1 fully saturated rings. The summed E-state index contributed by atoms with van der Waals surface area (Å²) in [5, 5.41) is 0. The van der Waals surface area contributed by atoms with Gasteiger partial charge in [0.25, 0.3) is 0 Å². The first-order valence-electron chi connectivity index (χ1n) is 12.0. The van der Waals surface area contributed by atoms with Crippen LogP contribution >= 0.6 is 0 Å². The third kappa shape index (κ3) is 6.15. The number of carbonyl (C=O) groups is 2. The lowest BCUT2D eigenvalue weighted by Crippen LogP contribution is -2.40. The lowest BCUT2D eigenvalue weighted by atomic mass is 10.1. The number of esters is 1. The zero-order chi connectivity index (χ0) is 26.6. The summed E-state index contributed by atoms with van der Waals surface area (Å²) in [4.78, 5) is 25.2. The number of nitrogens with zero attached hydrogens (tertiary/aromatic N) is 2. The highest BCUT2D eigenvalue weighted by molar-refractivity contribution is 7.89. The number of hydrogen-bond donors (Lipinski definition) is 0. The van der Waals surface area contributed by atoms with Gasteiger partial charge in [0, 0.05) is 42.1 Å². The van der Waals surface area contributed by atoms with Gasteiger partial charge < -0.3 is 14.0 Å². The molecule has 4 rings (SSSR count). The molecule has 1 aromatic heterocycles. The molecule has 3 aromatic rings. The third-order valence-electron chi connectivity index (χ3n) is 6.33. The first-order chi connectivity index (χ1) is 17.7. The van der Waals surface area contributed by atoms with E-state index in [1.807, 2.05) is 11.5 Å². The topological polar surface area (TPSA) is 94.9 Å². The van der Waals surface area contributed by atoms with Crippen LogP contribution in [0.2, 0.25) is 0 Å². The summed E-state index contributed by atoms with van der Waals surface area (Å²) < 4.78 is 52.4. The van der Waals surface area contributed by atoms with Gasteiger partial charge in [-0.2, -0.15) is 4.31 Å². The van der Waals surface area contributed by atoms with Crippen molar-refractivity contribution in [2.24, 2.45) is 0 Å². The van der Waals surface area contributed by atoms with Crippen LogP contribution < -0.4 is 0 Å². The molecule has 1 aliphatic rings. The smallest absolute Gasteiger partial charge is 0.306 e. The summed E-state index contributed by atoms with van der Waals surface area (Å²) in [5.74, 6) is -1.19. The highest BCUT2D eigenvalue weighted by Gasteiger charge is 2.26. The van der Waals surface area contributed by atoms with Crippen LogP contribution in [0.25, 0.3) is 5.69 Å². The van der Waals surface area contributed by atoms with Crippen molar-refractivity contribution in [3.05, 3.63) is 82.9 Å². The minimum Gasteiger partial charge on any atom is -0.457 e. The average molecular weight is 529 g/mol. The molecule has 0 unspecified atom stereocenters. The fraction of sp³-hybridized carbons (Fsp3) is 0.333. The van der Waals surface area contributed by atoms with E-state index in [0.29, 0.717) is 44.0 Å². The predicted molar refractivity (Wildman–Crippen MR) is 135 cm³/mol. The Morgan fingerprint density at radius 1 is 1.00 bits per heavy atom. The lowest BCUT2D eigenvalue weighted by Gasteiger charge is -2.26. The van der Waals surface area contributed by atoms with Crippen molar-refractivity contribution in [2.45, 2.75) is 31.6 Å². The highest BCUT2D eigenvalue weighted by Crippen LogP contribution is 2.22. The molecule has 0 amide bonds. The summed E-state index contributed by atoms with van der Waals surface area (Å²) in [5.41, 5.74) is 3.44. The Kier molecular flexibility index (Phi) is 8.21. The lowest BCUT2D eigenvalue weighted by molar-refractivity contribution is -0.142. The molecule has 0 atom stereocenters. The van der Waals surface area contributed by atoms with Gasteiger partial charge in [0.2, 0.25) is 15.8 Å². The summed E-state index contributed by atoms with van der Waals surface area (Å²) >= 11 is 0. The molecule has 196 valence electrons. The number of benzene rings is 2. The fourth-order valence-electron chi connectivity index (χ4n) is 4.34. The van der Waals surface area contributed by atoms with E-state index in [4.69, 9.17) is 9.47 Å². The van der Waals surface area contributed by atoms with E-state index in [1.165, 1.54) is 28.6 Å². The van der Waals surface area contributed by atoms with E-state index in [0.717, 1.165) is 16.9 Å². The number of rotatable bonds is 9. The Labute approximate surface area is 215 Å². The van der Waals surface area contributed by atoms with Crippen LogP contribution in [0.1, 0.15) is 33.7 Å². The fourth-order valence-corrected chi connectivity index (χ4v) is 5.75. The average Bonchev–Trinajstić information content (AvgIpc) is 3.21. The molecule has 10 heteroatoms. The largest absolute Gasteiger partial charge is 0.457 e. The van der Waals surface area contributed by atoms with Gasteiger partial charge in [-0.05, 0) is 68.3 Å². The molecule has 1 aliphatic heterocycles. The Morgan fingerprint density at radius 3 is 2.30 bits per heavy atom. The molecule has 8 nitrogen and oxygen atoms in total. The van der Waals surface area contributed by atoms with E-state index in [2.05, 4.69) is 0 Å². The van der Waals surface area contributed by atoms with E-state index in [-0.39, 0.29) is 29.5 Å². The predicted octanol–water partition coefficient (Wildman–Crippen LogP) is 3.61. The maximum atomic E-state index is 13.3. The van der Waals surface area contributed by atoms with Crippen molar-refractivity contribution in [2.75, 3.05) is 32.9 Å². The molecule has 37 heavy (non-hydrogen) atoms. The van der Waals surface area contributed by atoms with Crippen LogP contribution in [0, 0.1) is 19.7 Å². The Balaban J connectivity index is 1.30. The van der Waals surface area contributed by atoms with E-state index >= 15 is 0 Å². The van der Waals surface area contributed by atoms with Crippen LogP contribution in [0.5, 0.6) is 0 Å². The number of carbonyl (C=O) groups excluding carboxylic acids is 2. The number of halogens is 1. The monoisotopic (exact) mass is 528 g/mol. The number of hydrogen-bond acceptors (Lipinski definition) is 6. The molecule has 1 saturated heterocycles. The molecule has 0 bridgehead atoms. The number of sulfonamides is 1. The van der Waals surface area contributed by atoms with Gasteiger partial charge in [-0.3, -0.25) is 9.59 Å². The zero-order valence-electron chi connectivity index (χ0n) is 20.8. The molecule has 0 radical (unpaired) electrons. The molecule has 0 aliphatic carbocycles. The van der Waals surface area contributed by atoms with Crippen LogP contribution in [0.4, 0.5) is 4.39 Å². The highest BCUT2D eigenvalue weighted by atomic mass is 32.2. The van der Waals surface area contributed by atoms with Crippen molar-refractivity contribution in [3.8, 4) is 5.69 Å². The van der Waals surface area contributed by atoms with Gasteiger partial charge in [-0.1, -0.05) is 12.1 Å². The van der Waals surface area contributed by atoms with Crippen molar-refractivity contribution in [1.82, 2.24) is 8.87 Å². The summed E-state index contributed by atoms with van der Waals surface area (Å²) in [7, 11) is -3.57. The van der Waals surface area contributed by atoms with E-state index < -0.39 is 16.0 Å². The van der Waals surface area contributed by atoms with Gasteiger partial charge >= 0.3 is 5.97 Å². The molecule has 0 N–H and O–H groups in total. The SMILES string of the molecule is Cc1cc(C(=O)COC(=O)CCc2ccc(S(=O)(=O)N3CCOCC3)cc2)c(C)n1-c1ccc(F)cc1. The van der Waals surface area contributed by atoms with Crippen LogP contribution in [-0.4, -0.2) is 62.0 Å². The van der Waals surface area contributed by atoms with E-state index in [9.17, 15) is 22.4 Å². The Morgan fingerprint density at radius 2 is 1.65 bits per heavy atom. The van der Waals surface area contributed by atoms with Crippen molar-refractivity contribution in [1.29, 1.82) is 0 Å². The standard InChI is InChI=1S/C27H29FN2O6S/c1-19-17-25(20(2)30(19)23-8-6-22(28)7-9-23)26(31)18-36-27(32)12-5-21-3-10-24(11-4-21)37(33,34)29-13-15-35-16-14-29/h3-4,6-11,17H,5,12-16,18H2,1-2H3. The number of aromatic nitrogens is 1. The van der Waals surface area contributed by atoms with Crippen LogP contribution in [0.15, 0.2) is 59.5 Å². The van der Waals surface area contributed by atoms with Crippen LogP contribution in [-0.2, 0) is 30.7 Å². The maximum absolute atomic E-state index is 13.3. The molecule has 2 heterocycles. The van der Waals surface area contributed by atoms with Gasteiger partial charge in [-0.25, -0.2) is 12.8 Å². The van der Waals surface area contributed by atoms with Crippen molar-refractivity contribution < 1.29 is 31.9 Å². The van der Waals surface area contributed by atoms with Gasteiger partial charge in [0.05, 0.1) is 18.1 Å². The van der Waals surface area contributed by atoms with E-state index in [1.54, 1.807) is 37.3 Å². The maximum Gasteiger partial charge on any atom is 0.306 e. The minimum atomic E-state index is -3.57. The molecule has 0 spiro atoms. The Bertz CT molecular complexity index is 1380. The third-order valence-corrected chi connectivity index (χ3v) is 8.24. The Hall–Kier alpha value is -3.34. The molecular formula is C27H29FN2O6S. The number of Topliss-reactive ketones (excluding diaryl/α,β-unsaturated/α-hetero) is 1. The second kappa shape index (κ2) is 11.4. The summed E-state index contributed by atoms with van der Waals surface area (Å²) in [6, 6.07) is 14.1. The van der Waals surface area contributed by atoms with Gasteiger partial charge in [-0.15, -0.1) is 0 Å². The van der Waals surface area contributed by atoms with Gasteiger partial charge in [0.1, 0.15) is 5.82 Å². The first kappa shape index (κ1) is 26.7. The van der Waals surface area contributed by atoms with Gasteiger partial charge in [0.15, 0.2) is 6.61 Å². The number of morpholine rings is 1. The van der Waals surface area contributed by atoms with Crippen LogP contribution in [0.3, 0.4) is 0 Å². The zero-order valence-corrected chi connectivity index (χ0v) is 21.6. The summed E-state index contributed by atoms with van der Waals surface area (Å²) in [6.07, 6.45) is 0.404. The molecule has 2 aromatic carbocycles. The molecular weight excluding hydrogens is 499 g/mol. The minimum absolute atomic E-state index is 0.0530. The number of aryl methyl sites for hydroxylation is 2. The first-order valence-corrected chi connectivity index (χ1v) is 13.4. The molecule has 0 saturated carbocycles. The number of ether oxygens (including phenoxy) is 2. The quantitative estimate of drug-likeness (QED) is 0.311. The summed E-state index contributed by atoms with van der Waals surface area (Å²) in [6.45, 7) is 4.64. The second-order valence-corrected chi connectivity index (χ2v) is 10.8.